The second kappa shape index (κ2) is 22.1. The van der Waals surface area contributed by atoms with E-state index in [1.807, 2.05) is 120 Å². The van der Waals surface area contributed by atoms with E-state index in [0.29, 0.717) is 57.4 Å². The highest BCUT2D eigenvalue weighted by Crippen LogP contribution is 2.39. The number of aromatic carboxylic acids is 1. The molecule has 0 atom stereocenters. The Morgan fingerprint density at radius 3 is 1.35 bits per heavy atom. The molecule has 366 valence electrons. The summed E-state index contributed by atoms with van der Waals surface area (Å²) < 4.78 is 73.2. The molecule has 0 aliphatic carbocycles. The van der Waals surface area contributed by atoms with E-state index in [4.69, 9.17) is 37.4 Å². The van der Waals surface area contributed by atoms with E-state index < -0.39 is 32.0 Å². The number of sulfonamides is 2. The predicted octanol–water partition coefficient (Wildman–Crippen LogP) is 11.6. The van der Waals surface area contributed by atoms with Crippen LogP contribution < -0.4 is 18.9 Å². The van der Waals surface area contributed by atoms with Gasteiger partial charge in [0.2, 0.25) is 20.0 Å². The Bertz CT molecular complexity index is 3470. The zero-order valence-corrected chi connectivity index (χ0v) is 42.2. The van der Waals surface area contributed by atoms with Crippen LogP contribution in [0.15, 0.2) is 158 Å². The number of aromatic nitrogens is 2. The molecule has 14 nitrogen and oxygen atoms in total. The van der Waals surface area contributed by atoms with Crippen LogP contribution >= 0.6 is 23.2 Å². The number of ether oxygens (including phenoxy) is 3. The molecule has 0 saturated heterocycles. The van der Waals surface area contributed by atoms with Crippen LogP contribution in [-0.2, 0) is 38.0 Å². The highest BCUT2D eigenvalue weighted by Gasteiger charge is 2.21. The van der Waals surface area contributed by atoms with E-state index in [-0.39, 0.29) is 22.5 Å². The molecule has 0 radical (unpaired) electrons. The van der Waals surface area contributed by atoms with Gasteiger partial charge in [-0.3, -0.25) is 9.44 Å². The van der Waals surface area contributed by atoms with Crippen molar-refractivity contribution in [1.29, 1.82) is 0 Å². The van der Waals surface area contributed by atoms with Crippen LogP contribution in [-0.4, -0.2) is 62.6 Å². The number of halogens is 2. The van der Waals surface area contributed by atoms with E-state index in [9.17, 15) is 31.5 Å². The second-order valence-electron chi connectivity index (χ2n) is 16.3. The van der Waals surface area contributed by atoms with Gasteiger partial charge in [-0.2, -0.15) is 0 Å². The second-order valence-corrected chi connectivity index (χ2v) is 20.7. The third-order valence-electron chi connectivity index (χ3n) is 10.7. The monoisotopic (exact) mass is 1030 g/mol. The molecule has 2 heterocycles. The molecule has 2 aromatic heterocycles. The summed E-state index contributed by atoms with van der Waals surface area (Å²) in [4.78, 5) is 24.1. The summed E-state index contributed by atoms with van der Waals surface area (Å²) in [6.45, 7) is 4.50. The minimum absolute atomic E-state index is 0.0562. The molecule has 6 aromatic carbocycles. The number of hydrogen-bond acceptors (Lipinski definition) is 9. The van der Waals surface area contributed by atoms with Gasteiger partial charge in [-0.25, -0.2) is 26.4 Å². The topological polar surface area (TPSA) is 184 Å². The molecule has 18 heteroatoms. The van der Waals surface area contributed by atoms with Gasteiger partial charge >= 0.3 is 11.9 Å². The summed E-state index contributed by atoms with van der Waals surface area (Å²) in [5.74, 6) is -0.540. The molecule has 3 N–H and O–H groups in total. The third-order valence-corrected chi connectivity index (χ3v) is 12.4. The van der Waals surface area contributed by atoms with Crippen LogP contribution in [0.1, 0.15) is 43.2 Å². The lowest BCUT2D eigenvalue weighted by Gasteiger charge is -2.18. The molecule has 0 aliphatic rings. The average Bonchev–Trinajstić information content (AvgIpc) is 3.91. The van der Waals surface area contributed by atoms with Crippen LogP contribution in [0.2, 0.25) is 10.0 Å². The van der Waals surface area contributed by atoms with Crippen LogP contribution in [0, 0.1) is 13.8 Å². The minimum atomic E-state index is -3.61. The molecule has 8 aromatic rings. The largest absolute Gasteiger partial charge is 0.488 e. The molecule has 0 amide bonds. The average molecular weight is 1040 g/mol. The third kappa shape index (κ3) is 13.4. The fourth-order valence-corrected chi connectivity index (χ4v) is 9.13. The fraction of sp³-hybridized carbons (Fsp3) is 0.132. The van der Waals surface area contributed by atoms with Crippen molar-refractivity contribution in [2.24, 2.45) is 0 Å². The summed E-state index contributed by atoms with van der Waals surface area (Å²) >= 11 is 12.7. The van der Waals surface area contributed by atoms with Crippen molar-refractivity contribution in [2.45, 2.75) is 27.1 Å². The van der Waals surface area contributed by atoms with Crippen LogP contribution in [0.5, 0.6) is 11.5 Å². The number of rotatable bonds is 16. The quantitative estimate of drug-likeness (QED) is 0.0787. The number of hydrogen-bond donors (Lipinski definition) is 3. The number of nitrogens with zero attached hydrogens (tertiary/aromatic N) is 2. The van der Waals surface area contributed by atoms with Crippen LogP contribution in [0.3, 0.4) is 0 Å². The lowest BCUT2D eigenvalue weighted by atomic mass is 10.1. The molecular weight excluding hydrogens is 988 g/mol. The summed E-state index contributed by atoms with van der Waals surface area (Å²) in [5, 5.41) is 10.7. The van der Waals surface area contributed by atoms with Crippen LogP contribution in [0.25, 0.3) is 33.9 Å². The van der Waals surface area contributed by atoms with Crippen molar-refractivity contribution in [3.05, 3.63) is 201 Å². The molecule has 0 saturated carbocycles. The predicted molar refractivity (Wildman–Crippen MR) is 279 cm³/mol. The zero-order valence-electron chi connectivity index (χ0n) is 39.0. The first-order valence-electron chi connectivity index (χ1n) is 21.6. The maximum Gasteiger partial charge on any atom is 0.337 e. The summed E-state index contributed by atoms with van der Waals surface area (Å²) in [5.41, 5.74) is 8.17. The van der Waals surface area contributed by atoms with E-state index in [1.165, 1.54) is 25.3 Å². The standard InChI is InChI=1S/C27H25ClN2O5S.C26H23ClN2O5S/c1-18-9-11-25(24-15-21(28)10-12-26(24)35-17-19-7-5-4-6-8-19)30(18)23-14-20(27(31)34-2)13-22(16-23)29-36(3,32)33;1-17-8-10-24(23-14-20(27)9-11-25(23)34-16-18-6-4-3-5-7-18)29(17)22-13-19(26(30)31)12-21(15-22)28-35(2,32)33/h4-16,29H,17H2,1-3H3;3-15,28H,16H2,1-2H3,(H,30,31). The number of carbonyl (C=O) groups excluding carboxylic acids is 1. The number of nitrogens with one attached hydrogen (secondary N) is 2. The van der Waals surface area contributed by atoms with Gasteiger partial charge in [0, 0.05) is 43.9 Å². The van der Waals surface area contributed by atoms with Gasteiger partial charge in [0.15, 0.2) is 0 Å². The maximum atomic E-state index is 12.4. The molecule has 8 rings (SSSR count). The number of carbonyl (C=O) groups is 2. The van der Waals surface area contributed by atoms with E-state index in [2.05, 4.69) is 9.44 Å². The number of carboxylic acid groups (broad SMARTS) is 1. The van der Waals surface area contributed by atoms with E-state index in [0.717, 1.165) is 46.3 Å². The Labute approximate surface area is 422 Å². The summed E-state index contributed by atoms with van der Waals surface area (Å²) in [6, 6.07) is 46.9. The van der Waals surface area contributed by atoms with Gasteiger partial charge < -0.3 is 28.5 Å². The SMILES string of the molecule is COC(=O)c1cc(NS(C)(=O)=O)cc(-n2c(C)ccc2-c2cc(Cl)ccc2OCc2ccccc2)c1.Cc1ccc(-c2cc(Cl)ccc2OCc2ccccc2)n1-c1cc(NS(C)(=O)=O)cc(C(=O)O)c1. The van der Waals surface area contributed by atoms with Crippen molar-refractivity contribution >= 4 is 66.6 Å². The van der Waals surface area contributed by atoms with Crippen molar-refractivity contribution in [3.63, 3.8) is 0 Å². The molecule has 71 heavy (non-hydrogen) atoms. The maximum absolute atomic E-state index is 12.4. The van der Waals surface area contributed by atoms with E-state index in [1.54, 1.807) is 42.5 Å². The Hall–Kier alpha value is -7.50. The number of methoxy groups -OCH3 is 1. The Morgan fingerprint density at radius 2 is 0.958 bits per heavy atom. The highest BCUT2D eigenvalue weighted by atomic mass is 35.5. The molecular formula is C53H48Cl2N4O10S2. The molecule has 0 unspecified atom stereocenters. The normalized spacial score (nSPS) is 11.3. The van der Waals surface area contributed by atoms with Gasteiger partial charge in [-0.1, -0.05) is 83.9 Å². The van der Waals surface area contributed by atoms with Crippen molar-refractivity contribution in [3.8, 4) is 45.4 Å². The van der Waals surface area contributed by atoms with Crippen molar-refractivity contribution in [2.75, 3.05) is 29.1 Å². The van der Waals surface area contributed by atoms with Crippen molar-refractivity contribution < 1.29 is 45.7 Å². The Morgan fingerprint density at radius 1 is 0.549 bits per heavy atom. The highest BCUT2D eigenvalue weighted by molar-refractivity contribution is 7.92. The van der Waals surface area contributed by atoms with Gasteiger partial charge in [0.1, 0.15) is 24.7 Å². The zero-order chi connectivity index (χ0) is 51.0. The smallest absolute Gasteiger partial charge is 0.337 e. The number of aryl methyl sites for hydroxylation is 2. The first-order chi connectivity index (χ1) is 33.7. The molecule has 0 bridgehead atoms. The summed E-state index contributed by atoms with van der Waals surface area (Å²) in [6.07, 6.45) is 2.06. The van der Waals surface area contributed by atoms with Gasteiger partial charge in [0.25, 0.3) is 0 Å². The number of benzene rings is 6. The first-order valence-corrected chi connectivity index (χ1v) is 26.2. The number of anilines is 2. The summed E-state index contributed by atoms with van der Waals surface area (Å²) in [7, 11) is -5.92. The number of esters is 1. The molecule has 0 aliphatic heterocycles. The van der Waals surface area contributed by atoms with Crippen molar-refractivity contribution in [1.82, 2.24) is 9.13 Å². The van der Waals surface area contributed by atoms with E-state index >= 15 is 0 Å². The van der Waals surface area contributed by atoms with Gasteiger partial charge in [0.05, 0.1) is 53.5 Å². The molecule has 0 spiro atoms. The Balaban J connectivity index is 0.000000209. The lowest BCUT2D eigenvalue weighted by molar-refractivity contribution is 0.0599. The molecule has 0 fully saturated rings. The van der Waals surface area contributed by atoms with Crippen LogP contribution in [0.4, 0.5) is 11.4 Å². The minimum Gasteiger partial charge on any atom is -0.488 e. The number of carboxylic acids is 1. The Kier molecular flexibility index (Phi) is 16.0. The first kappa shape index (κ1) is 51.4. The lowest BCUT2D eigenvalue weighted by Crippen LogP contribution is -2.12. The van der Waals surface area contributed by atoms with Gasteiger partial charge in [-0.15, -0.1) is 0 Å². The fourth-order valence-electron chi connectivity index (χ4n) is 7.70. The van der Waals surface area contributed by atoms with Gasteiger partial charge in [-0.05, 0) is 122 Å².